The summed E-state index contributed by atoms with van der Waals surface area (Å²) in [7, 11) is 0. The fourth-order valence-corrected chi connectivity index (χ4v) is 0. The minimum absolute atomic E-state index is 0. The van der Waals surface area contributed by atoms with Crippen molar-refractivity contribution in [1.82, 2.24) is 0 Å². The minimum atomic E-state index is 0. The van der Waals surface area contributed by atoms with Crippen LogP contribution in [0.5, 0.6) is 0 Å². The summed E-state index contributed by atoms with van der Waals surface area (Å²) in [4.78, 5) is 0. The molecule has 5 nitrogen and oxygen atoms in total. The van der Waals surface area contributed by atoms with Gasteiger partial charge in [-0.3, -0.25) is 0 Å². The Morgan fingerprint density at radius 1 is 0.571 bits per heavy atom. The van der Waals surface area contributed by atoms with E-state index in [9.17, 15) is 0 Å². The zero-order valence-electron chi connectivity index (χ0n) is 3.03. The van der Waals surface area contributed by atoms with Crippen LogP contribution in [-0.2, 0) is 44.3 Å². The third-order valence-corrected chi connectivity index (χ3v) is 0. The summed E-state index contributed by atoms with van der Waals surface area (Å²) in [6, 6.07) is 0. The van der Waals surface area contributed by atoms with Gasteiger partial charge >= 0.3 is 33.3 Å². The first kappa shape index (κ1) is 618. The van der Waals surface area contributed by atoms with Crippen LogP contribution in [0.4, 0.5) is 0 Å². The van der Waals surface area contributed by atoms with Crippen molar-refractivity contribution >= 4 is 11.0 Å². The molecule has 1 N–H and O–H groups in total. The standard InChI is InChI=1S/Nb.H2O.4O.Si/h;1H2;;;;;/q+5;;4*-2;+4/p-1. The molecule has 0 aromatic heterocycles. The molecule has 0 saturated heterocycles. The molecule has 0 amide bonds. The molecule has 0 radical (unpaired) electrons. The van der Waals surface area contributed by atoms with E-state index in [1.807, 2.05) is 0 Å². The van der Waals surface area contributed by atoms with Gasteiger partial charge in [-0.2, -0.15) is 0 Å². The number of hydrogen-bond acceptors (Lipinski definition) is 1. The van der Waals surface area contributed by atoms with Gasteiger partial charge in [0.2, 0.25) is 0 Å². The molecule has 7 heteroatoms. The molecule has 0 aliphatic carbocycles. The monoisotopic (exact) mass is 202 g/mol. The van der Waals surface area contributed by atoms with Crippen LogP contribution >= 0.6 is 0 Å². The zero-order chi connectivity index (χ0) is 0. The van der Waals surface area contributed by atoms with Crippen molar-refractivity contribution in [3.63, 3.8) is 0 Å². The molecule has 0 rings (SSSR count). The average molecular weight is 202 g/mol. The molecule has 0 atom stereocenters. The second-order valence-electron chi connectivity index (χ2n) is 0. The van der Waals surface area contributed by atoms with Crippen molar-refractivity contribution in [3.05, 3.63) is 0 Å². The Morgan fingerprint density at radius 3 is 0.571 bits per heavy atom. The second kappa shape index (κ2) is 391. The van der Waals surface area contributed by atoms with Crippen molar-refractivity contribution in [1.29, 1.82) is 0 Å². The molecule has 0 aromatic rings. The molecule has 0 heterocycles. The number of rotatable bonds is 0. The van der Waals surface area contributed by atoms with Gasteiger partial charge in [-0.05, 0) is 0 Å². The van der Waals surface area contributed by atoms with Gasteiger partial charge in [-0.1, -0.05) is 0 Å². The summed E-state index contributed by atoms with van der Waals surface area (Å²) in [5, 5.41) is 0. The first-order valence-corrected chi connectivity index (χ1v) is 0. The van der Waals surface area contributed by atoms with Crippen LogP contribution in [-0.4, -0.2) is 16.4 Å². The molecular formula is HNbO5Si. The van der Waals surface area contributed by atoms with Crippen LogP contribution in [0.1, 0.15) is 0 Å². The van der Waals surface area contributed by atoms with Gasteiger partial charge in [-0.25, -0.2) is 0 Å². The predicted molar refractivity (Wildman–Crippen MR) is 10.4 cm³/mol. The van der Waals surface area contributed by atoms with E-state index in [1.54, 1.807) is 0 Å². The Hall–Kier alpha value is 0.757. The van der Waals surface area contributed by atoms with Crippen LogP contribution in [0.25, 0.3) is 0 Å². The predicted octanol–water partition coefficient (Wildman–Crippen LogP) is -1.04. The summed E-state index contributed by atoms with van der Waals surface area (Å²) >= 11 is 0. The molecule has 0 bridgehead atoms. The molecule has 0 aromatic carbocycles. The maximum atomic E-state index is 0. The van der Waals surface area contributed by atoms with E-state index in [0.717, 1.165) is 0 Å². The summed E-state index contributed by atoms with van der Waals surface area (Å²) in [6.07, 6.45) is 0. The number of hydrogen-bond donors (Lipinski definition) is 0. The molecule has 0 unspecified atom stereocenters. The normalized spacial score (nSPS) is 0. The Morgan fingerprint density at radius 2 is 0.571 bits per heavy atom. The molecule has 0 aliphatic rings. The fraction of sp³-hybridized carbons (Fsp3) is 0. The van der Waals surface area contributed by atoms with Crippen molar-refractivity contribution in [2.45, 2.75) is 0 Å². The molecule has 0 fully saturated rings. The van der Waals surface area contributed by atoms with E-state index < -0.39 is 0 Å². The van der Waals surface area contributed by atoms with E-state index >= 15 is 0 Å². The molecule has 0 aliphatic heterocycles. The van der Waals surface area contributed by atoms with Crippen molar-refractivity contribution in [2.75, 3.05) is 0 Å². The van der Waals surface area contributed by atoms with Gasteiger partial charge in [0.25, 0.3) is 0 Å². The van der Waals surface area contributed by atoms with Gasteiger partial charge < -0.3 is 27.4 Å². The Balaban J connectivity index is 0. The Kier molecular flexibility index (Phi) is 34500. The third kappa shape index (κ3) is 267. The van der Waals surface area contributed by atoms with E-state index in [4.69, 9.17) is 0 Å². The maximum absolute atomic E-state index is 0. The largest absolute Gasteiger partial charge is 5.00 e. The quantitative estimate of drug-likeness (QED) is 0.454. The van der Waals surface area contributed by atoms with Gasteiger partial charge in [0.15, 0.2) is 0 Å². The van der Waals surface area contributed by atoms with E-state index in [2.05, 4.69) is 0 Å². The molecule has 7 heavy (non-hydrogen) atoms. The third-order valence-electron chi connectivity index (χ3n) is 0. The van der Waals surface area contributed by atoms with Crippen LogP contribution in [0.15, 0.2) is 0 Å². The van der Waals surface area contributed by atoms with Gasteiger partial charge in [0, 0.05) is 0 Å². The second-order valence-corrected chi connectivity index (χ2v) is 0. The average Bonchev–Trinajstić information content (AvgIpc) is 0. The molecule has 40 valence electrons. The summed E-state index contributed by atoms with van der Waals surface area (Å²) in [5.41, 5.74) is 0. The van der Waals surface area contributed by atoms with Crippen LogP contribution in [0, 0.1) is 0 Å². The van der Waals surface area contributed by atoms with Crippen molar-refractivity contribution < 1.29 is 49.8 Å². The van der Waals surface area contributed by atoms with Crippen LogP contribution in [0.2, 0.25) is 0 Å². The Labute approximate surface area is 61.2 Å². The van der Waals surface area contributed by atoms with Crippen LogP contribution in [0.3, 0.4) is 0 Å². The smallest absolute Gasteiger partial charge is 2.00 e. The van der Waals surface area contributed by atoms with Crippen molar-refractivity contribution in [3.8, 4) is 0 Å². The van der Waals surface area contributed by atoms with Gasteiger partial charge in [0.05, 0.1) is 0 Å². The maximum Gasteiger partial charge on any atom is 5.00 e. The molecule has 0 saturated carbocycles. The van der Waals surface area contributed by atoms with Crippen molar-refractivity contribution in [2.24, 2.45) is 0 Å². The molecular weight excluding hydrogens is 201 g/mol. The van der Waals surface area contributed by atoms with E-state index in [0.29, 0.717) is 0 Å². The first-order chi connectivity index (χ1) is 0. The van der Waals surface area contributed by atoms with E-state index in [1.165, 1.54) is 0 Å². The fourth-order valence-electron chi connectivity index (χ4n) is 0. The summed E-state index contributed by atoms with van der Waals surface area (Å²) < 4.78 is 0. The van der Waals surface area contributed by atoms with Gasteiger partial charge in [-0.15, -0.1) is 0 Å². The van der Waals surface area contributed by atoms with Gasteiger partial charge in [0.1, 0.15) is 0 Å². The van der Waals surface area contributed by atoms with E-state index in [-0.39, 0.29) is 60.7 Å². The first-order valence-electron chi connectivity index (χ1n) is 0. The summed E-state index contributed by atoms with van der Waals surface area (Å²) in [6.45, 7) is 0. The Bertz CT molecular complexity index is 8.04. The zero-order valence-corrected chi connectivity index (χ0v) is 6.23. The van der Waals surface area contributed by atoms with Crippen LogP contribution < -0.4 is 0 Å². The summed E-state index contributed by atoms with van der Waals surface area (Å²) in [5.74, 6) is 0. The topological polar surface area (TPSA) is 144 Å². The minimum Gasteiger partial charge on any atom is -2.00 e. The SMILES string of the molecule is [Nb+5].[O-2].[O-2].[O-2].[O-2].[OH-].[Si+4]. The molecule has 0 spiro atoms.